The summed E-state index contributed by atoms with van der Waals surface area (Å²) in [5.74, 6) is -4.61. The maximum absolute atomic E-state index is 14.7. The van der Waals surface area contributed by atoms with E-state index in [-0.39, 0.29) is 68.0 Å². The molecule has 1 amide bonds. The molecule has 3 heterocycles. The predicted octanol–water partition coefficient (Wildman–Crippen LogP) is 7.68. The first kappa shape index (κ1) is 35.7. The molecular weight excluding hydrogens is 687 g/mol. The number of amides is 1. The van der Waals surface area contributed by atoms with Gasteiger partial charge in [0.05, 0.1) is 17.7 Å². The number of benzene rings is 1. The Kier molecular flexibility index (Phi) is 9.40. The summed E-state index contributed by atoms with van der Waals surface area (Å²) in [6, 6.07) is 6.33. The first-order valence-corrected chi connectivity index (χ1v) is 17.7. The summed E-state index contributed by atoms with van der Waals surface area (Å²) < 4.78 is 80.0. The molecule has 4 aromatic rings. The highest BCUT2D eigenvalue weighted by molar-refractivity contribution is 6.00. The fraction of sp³-hybridized carbons (Fsp3) is 0.514. The summed E-state index contributed by atoms with van der Waals surface area (Å²) in [5.41, 5.74) is -3.30. The van der Waals surface area contributed by atoms with E-state index >= 15 is 0 Å². The lowest BCUT2D eigenvalue weighted by Crippen LogP contribution is -2.57. The molecule has 3 aliphatic carbocycles. The highest BCUT2D eigenvalue weighted by Gasteiger charge is 2.57. The second kappa shape index (κ2) is 13.7. The largest absolute Gasteiger partial charge is 0.493 e. The first-order chi connectivity index (χ1) is 24.8. The number of carbonyl (C=O) groups excluding carboxylic acids is 1. The molecule has 7 rings (SSSR count). The van der Waals surface area contributed by atoms with Crippen molar-refractivity contribution >= 4 is 22.8 Å². The van der Waals surface area contributed by atoms with Gasteiger partial charge >= 0.3 is 12.1 Å². The summed E-state index contributed by atoms with van der Waals surface area (Å²) in [4.78, 5) is 42.7. The molecule has 0 radical (unpaired) electrons. The van der Waals surface area contributed by atoms with E-state index in [2.05, 4.69) is 25.3 Å². The van der Waals surface area contributed by atoms with Gasteiger partial charge in [-0.15, -0.1) is 0 Å². The normalized spacial score (nSPS) is 24.5. The summed E-state index contributed by atoms with van der Waals surface area (Å²) in [6.07, 6.45) is 3.52. The zero-order valence-electron chi connectivity index (χ0n) is 28.5. The molecule has 3 fully saturated rings. The summed E-state index contributed by atoms with van der Waals surface area (Å²) in [5, 5.41) is 13.3. The van der Waals surface area contributed by atoms with Gasteiger partial charge in [-0.25, -0.2) is 33.5 Å². The number of nitrogens with zero attached hydrogens (tertiary/aromatic N) is 5. The van der Waals surface area contributed by atoms with Crippen molar-refractivity contribution in [2.24, 2.45) is 17.8 Å². The number of ether oxygens (including phenoxy) is 1. The van der Waals surface area contributed by atoms with Gasteiger partial charge in [-0.05, 0) is 74.5 Å². The van der Waals surface area contributed by atoms with Crippen molar-refractivity contribution < 1.29 is 41.4 Å². The molecule has 10 nitrogen and oxygen atoms in total. The van der Waals surface area contributed by atoms with Crippen LogP contribution in [0.1, 0.15) is 92.6 Å². The van der Waals surface area contributed by atoms with Crippen LogP contribution in [0.25, 0.3) is 22.3 Å². The van der Waals surface area contributed by atoms with Crippen LogP contribution in [-0.2, 0) is 17.4 Å². The average Bonchev–Trinajstić information content (AvgIpc) is 3.61. The number of fused-ring (bicyclic) bond motifs is 3. The van der Waals surface area contributed by atoms with Gasteiger partial charge in [0.25, 0.3) is 5.91 Å². The predicted molar refractivity (Wildman–Crippen MR) is 179 cm³/mol. The van der Waals surface area contributed by atoms with Gasteiger partial charge in [0.1, 0.15) is 17.1 Å². The van der Waals surface area contributed by atoms with E-state index in [4.69, 9.17) is 4.74 Å². The van der Waals surface area contributed by atoms with Gasteiger partial charge in [0.15, 0.2) is 11.5 Å². The Balaban J connectivity index is 1.23. The molecule has 1 aromatic carbocycles. The van der Waals surface area contributed by atoms with E-state index < -0.39 is 46.7 Å². The quantitative estimate of drug-likeness (QED) is 0.159. The molecule has 3 aromatic heterocycles. The fourth-order valence-electron chi connectivity index (χ4n) is 8.54. The minimum absolute atomic E-state index is 0.0531. The Morgan fingerprint density at radius 3 is 2.52 bits per heavy atom. The maximum Gasteiger partial charge on any atom is 0.434 e. The minimum Gasteiger partial charge on any atom is -0.493 e. The molecule has 276 valence electrons. The number of halogens is 5. The zero-order valence-corrected chi connectivity index (χ0v) is 28.5. The number of rotatable bonds is 10. The third kappa shape index (κ3) is 6.93. The van der Waals surface area contributed by atoms with Crippen molar-refractivity contribution in [1.82, 2.24) is 29.8 Å². The first-order valence-electron chi connectivity index (χ1n) is 17.7. The van der Waals surface area contributed by atoms with Crippen molar-refractivity contribution in [1.29, 1.82) is 0 Å². The lowest BCUT2D eigenvalue weighted by atomic mass is 9.76. The van der Waals surface area contributed by atoms with Crippen molar-refractivity contribution in [3.05, 3.63) is 66.1 Å². The van der Waals surface area contributed by atoms with E-state index in [9.17, 15) is 36.6 Å². The van der Waals surface area contributed by atoms with Crippen molar-refractivity contribution in [2.45, 2.75) is 94.8 Å². The molecule has 0 aliphatic heterocycles. The number of hydrogen-bond acceptors (Lipinski definition) is 7. The van der Waals surface area contributed by atoms with E-state index in [0.717, 1.165) is 19.0 Å². The van der Waals surface area contributed by atoms with E-state index in [1.807, 2.05) is 6.92 Å². The lowest BCUT2D eigenvalue weighted by molar-refractivity contribution is -0.146. The average molecular weight is 727 g/mol. The molecule has 2 N–H and O–H groups in total. The number of hydrogen-bond donors (Lipinski definition) is 2. The Morgan fingerprint density at radius 2 is 1.83 bits per heavy atom. The summed E-state index contributed by atoms with van der Waals surface area (Å²) in [7, 11) is 0. The van der Waals surface area contributed by atoms with Crippen molar-refractivity contribution in [3.8, 4) is 17.1 Å². The molecule has 0 saturated heterocycles. The smallest absolute Gasteiger partial charge is 0.434 e. The van der Waals surface area contributed by atoms with Crippen LogP contribution < -0.4 is 10.1 Å². The van der Waals surface area contributed by atoms with Gasteiger partial charge in [0.2, 0.25) is 5.92 Å². The number of nitrogens with one attached hydrogen (secondary N) is 1. The van der Waals surface area contributed by atoms with Crippen LogP contribution in [-0.4, -0.2) is 59.6 Å². The van der Waals surface area contributed by atoms with Gasteiger partial charge in [-0.1, -0.05) is 13.3 Å². The number of aliphatic carboxylic acids is 1. The van der Waals surface area contributed by atoms with Gasteiger partial charge in [-0.2, -0.15) is 13.2 Å². The highest BCUT2D eigenvalue weighted by Crippen LogP contribution is 2.51. The molecule has 0 spiro atoms. The van der Waals surface area contributed by atoms with Crippen LogP contribution in [0.15, 0.2) is 49.1 Å². The van der Waals surface area contributed by atoms with Gasteiger partial charge in [0, 0.05) is 67.1 Å². The van der Waals surface area contributed by atoms with Gasteiger partial charge in [-0.3, -0.25) is 4.79 Å². The zero-order chi connectivity index (χ0) is 36.8. The minimum atomic E-state index is -5.09. The topological polar surface area (TPSA) is 132 Å². The van der Waals surface area contributed by atoms with Crippen molar-refractivity contribution in [3.63, 3.8) is 0 Å². The molecule has 2 bridgehead atoms. The Labute approximate surface area is 296 Å². The molecule has 4 atom stereocenters. The molecule has 52 heavy (non-hydrogen) atoms. The fourth-order valence-corrected chi connectivity index (χ4v) is 8.54. The molecule has 3 aliphatic rings. The number of carbonyl (C=O) groups is 2. The van der Waals surface area contributed by atoms with Gasteiger partial charge < -0.3 is 19.7 Å². The number of carboxylic acid groups (broad SMARTS) is 1. The third-order valence-electron chi connectivity index (χ3n) is 11.1. The molecule has 15 heteroatoms. The van der Waals surface area contributed by atoms with E-state index in [1.54, 1.807) is 47.4 Å². The Morgan fingerprint density at radius 1 is 1.08 bits per heavy atom. The molecular formula is C37H39F5N6O4. The Hall–Kier alpha value is -4.69. The second-order valence-corrected chi connectivity index (χ2v) is 14.4. The monoisotopic (exact) mass is 726 g/mol. The number of alkyl halides is 5. The standard InChI is InChI=1S/C37H39F5N6O4/c1-2-21-14-22-16-23(15-21)36(18-22,34(50)51)47-33(49)27-19-45-32(46-31(27)37(40,41)42)28-20-48(24-6-9-35(38,39)10-7-24)29-17-25(4-5-26(28)29)52-13-8-30-43-11-3-12-44-30/h3-5,11-12,17,19-24H,2,6-10,13-16,18H2,1H3,(H,47,49)(H,50,51). The highest BCUT2D eigenvalue weighted by atomic mass is 19.4. The summed E-state index contributed by atoms with van der Waals surface area (Å²) >= 11 is 0. The van der Waals surface area contributed by atoms with Crippen LogP contribution in [0, 0.1) is 17.8 Å². The Bertz CT molecular complexity index is 1960. The van der Waals surface area contributed by atoms with E-state index in [1.165, 1.54) is 0 Å². The van der Waals surface area contributed by atoms with Crippen LogP contribution in [0.5, 0.6) is 5.75 Å². The summed E-state index contributed by atoms with van der Waals surface area (Å²) in [6.45, 7) is 2.26. The van der Waals surface area contributed by atoms with Crippen LogP contribution in [0.2, 0.25) is 0 Å². The van der Waals surface area contributed by atoms with E-state index in [0.29, 0.717) is 41.7 Å². The molecule has 3 saturated carbocycles. The second-order valence-electron chi connectivity index (χ2n) is 14.4. The maximum atomic E-state index is 14.7. The van der Waals surface area contributed by atoms with Crippen LogP contribution in [0.4, 0.5) is 22.0 Å². The van der Waals surface area contributed by atoms with Crippen molar-refractivity contribution in [2.75, 3.05) is 6.61 Å². The SMILES string of the molecule is CCC1CC2CC(C1)C(NC(=O)c1cnc(-c3cn(C4CCC(F)(F)CC4)c4cc(OCCc5ncccn5)ccc34)nc1C(F)(F)F)(C(=O)O)C2. The number of carboxylic acids is 1. The molecule has 4 unspecified atom stereocenters. The van der Waals surface area contributed by atoms with Crippen LogP contribution >= 0.6 is 0 Å². The lowest BCUT2D eigenvalue weighted by Gasteiger charge is -2.34. The van der Waals surface area contributed by atoms with Crippen LogP contribution in [0.3, 0.4) is 0 Å². The number of aromatic nitrogens is 5. The third-order valence-corrected chi connectivity index (χ3v) is 11.1.